The number of aromatic nitrogens is 1. The number of anilines is 1. The number of carboxylic acid groups (broad SMARTS) is 1. The lowest BCUT2D eigenvalue weighted by molar-refractivity contribution is 0.0697. The van der Waals surface area contributed by atoms with Crippen LogP contribution in [-0.2, 0) is 0 Å². The summed E-state index contributed by atoms with van der Waals surface area (Å²) < 4.78 is 1.06. The van der Waals surface area contributed by atoms with E-state index in [0.29, 0.717) is 11.0 Å². The number of aromatic carboxylic acids is 1. The van der Waals surface area contributed by atoms with Gasteiger partial charge >= 0.3 is 5.97 Å². The zero-order chi connectivity index (χ0) is 16.9. The fourth-order valence-corrected chi connectivity index (χ4v) is 2.75. The minimum atomic E-state index is -1.05. The minimum absolute atomic E-state index is 0.0909. The van der Waals surface area contributed by atoms with Gasteiger partial charge in [-0.05, 0) is 31.2 Å². The fourth-order valence-electron chi connectivity index (χ4n) is 1.94. The normalized spacial score (nSPS) is 12.0. The molecule has 7 nitrogen and oxygen atoms in total. The van der Waals surface area contributed by atoms with Crippen molar-refractivity contribution in [1.82, 2.24) is 4.98 Å². The number of azo groups is 1. The second-order valence-electron chi connectivity index (χ2n) is 4.78. The molecule has 0 atom stereocenters. The zero-order valence-electron chi connectivity index (χ0n) is 12.7. The number of nitrogens with zero attached hydrogens (tertiary/aromatic N) is 4. The summed E-state index contributed by atoms with van der Waals surface area (Å²) in [5, 5.41) is 21.7. The van der Waals surface area contributed by atoms with Crippen LogP contribution in [0, 0.1) is 0 Å². The third-order valence-corrected chi connectivity index (χ3v) is 3.99. The second-order valence-corrected chi connectivity index (χ2v) is 5.81. The molecule has 0 unspecified atom stereocenters. The molecule has 0 aliphatic heterocycles. The molecular formula is C16H13N5O2S. The van der Waals surface area contributed by atoms with E-state index in [1.165, 1.54) is 17.4 Å². The number of rotatable bonds is 4. The molecule has 2 N–H and O–H groups in total. The number of amidine groups is 1. The Morgan fingerprint density at radius 2 is 1.92 bits per heavy atom. The summed E-state index contributed by atoms with van der Waals surface area (Å²) in [6.45, 7) is 1.66. The van der Waals surface area contributed by atoms with E-state index >= 15 is 0 Å². The van der Waals surface area contributed by atoms with Gasteiger partial charge in [-0.15, -0.1) is 10.2 Å². The highest BCUT2D eigenvalue weighted by atomic mass is 32.1. The van der Waals surface area contributed by atoms with Crippen LogP contribution in [0.5, 0.6) is 0 Å². The predicted molar refractivity (Wildman–Crippen MR) is 94.3 cm³/mol. The van der Waals surface area contributed by atoms with E-state index in [2.05, 4.69) is 25.7 Å². The van der Waals surface area contributed by atoms with Gasteiger partial charge in [-0.1, -0.05) is 35.6 Å². The Balaban J connectivity index is 1.73. The van der Waals surface area contributed by atoms with Gasteiger partial charge in [0.15, 0.2) is 5.84 Å². The summed E-state index contributed by atoms with van der Waals surface area (Å²) in [6, 6.07) is 14.2. The van der Waals surface area contributed by atoms with Gasteiger partial charge in [0, 0.05) is 0 Å². The molecule has 1 aromatic heterocycles. The van der Waals surface area contributed by atoms with Gasteiger partial charge in [0.05, 0.1) is 15.8 Å². The summed E-state index contributed by atoms with van der Waals surface area (Å²) in [6.07, 6.45) is 0. The maximum Gasteiger partial charge on any atom is 0.337 e. The molecule has 24 heavy (non-hydrogen) atoms. The maximum atomic E-state index is 11.1. The largest absolute Gasteiger partial charge is 0.478 e. The van der Waals surface area contributed by atoms with Crippen molar-refractivity contribution < 1.29 is 9.90 Å². The number of benzene rings is 2. The van der Waals surface area contributed by atoms with Crippen molar-refractivity contribution in [1.29, 1.82) is 0 Å². The van der Waals surface area contributed by atoms with Crippen LogP contribution >= 0.6 is 11.3 Å². The van der Waals surface area contributed by atoms with E-state index in [0.717, 1.165) is 10.2 Å². The molecule has 120 valence electrons. The molecule has 3 aromatic rings. The van der Waals surface area contributed by atoms with E-state index in [-0.39, 0.29) is 11.3 Å². The van der Waals surface area contributed by atoms with Crippen LogP contribution in [0.15, 0.2) is 63.9 Å². The van der Waals surface area contributed by atoms with Crippen molar-refractivity contribution in [3.05, 3.63) is 54.1 Å². The first kappa shape index (κ1) is 15.8. The average molecular weight is 339 g/mol. The molecule has 8 heteroatoms. The van der Waals surface area contributed by atoms with Gasteiger partial charge in [0.25, 0.3) is 0 Å². The van der Waals surface area contributed by atoms with Gasteiger partial charge in [0.1, 0.15) is 5.69 Å². The quantitative estimate of drug-likeness (QED) is 0.316. The first-order valence-electron chi connectivity index (χ1n) is 7.03. The Morgan fingerprint density at radius 3 is 2.71 bits per heavy atom. The van der Waals surface area contributed by atoms with Gasteiger partial charge in [0.2, 0.25) is 5.13 Å². The molecule has 0 spiro atoms. The molecule has 0 aliphatic rings. The third-order valence-electron chi connectivity index (χ3n) is 3.04. The Hall–Kier alpha value is -3.13. The van der Waals surface area contributed by atoms with Gasteiger partial charge in [-0.2, -0.15) is 5.10 Å². The molecule has 0 bridgehead atoms. The molecule has 0 saturated carbocycles. The van der Waals surface area contributed by atoms with Crippen LogP contribution in [0.2, 0.25) is 0 Å². The lowest BCUT2D eigenvalue weighted by atomic mass is 10.2. The van der Waals surface area contributed by atoms with Gasteiger partial charge in [-0.25, -0.2) is 9.78 Å². The minimum Gasteiger partial charge on any atom is -0.478 e. The predicted octanol–water partition coefficient (Wildman–Crippen LogP) is 4.52. The summed E-state index contributed by atoms with van der Waals surface area (Å²) in [4.78, 5) is 15.5. The molecule has 0 fully saturated rings. The van der Waals surface area contributed by atoms with Crippen LogP contribution in [0.25, 0.3) is 10.2 Å². The number of fused-ring (bicyclic) bond motifs is 1. The molecular weight excluding hydrogens is 326 g/mol. The van der Waals surface area contributed by atoms with Gasteiger partial charge < -0.3 is 5.11 Å². The number of carbonyl (C=O) groups is 1. The smallest absolute Gasteiger partial charge is 0.337 e. The van der Waals surface area contributed by atoms with E-state index in [1.807, 2.05) is 24.3 Å². The second kappa shape index (κ2) is 6.97. The number of hydrazone groups is 1. The molecule has 2 aromatic carbocycles. The number of thiazole rings is 1. The van der Waals surface area contributed by atoms with Crippen LogP contribution in [0.4, 0.5) is 10.8 Å². The zero-order valence-corrected chi connectivity index (χ0v) is 13.5. The summed E-state index contributed by atoms with van der Waals surface area (Å²) in [7, 11) is 0. The summed E-state index contributed by atoms with van der Waals surface area (Å²) in [5.41, 5.74) is 4.10. The van der Waals surface area contributed by atoms with E-state index in [4.69, 9.17) is 5.11 Å². The number of nitrogens with one attached hydrogen (secondary N) is 1. The molecule has 0 saturated heterocycles. The molecule has 0 amide bonds. The average Bonchev–Trinajstić information content (AvgIpc) is 3.01. The highest BCUT2D eigenvalue weighted by Gasteiger charge is 2.08. The first-order chi connectivity index (χ1) is 11.6. The highest BCUT2D eigenvalue weighted by Crippen LogP contribution is 2.25. The standard InChI is InChI=1S/C16H13N5O2S/c1-10(18-20-12-7-3-2-6-11(12)15(22)23)19-21-16-17-13-8-4-5-9-14(13)24-16/h2-9H,1H3,(H,17,21)(H,22,23)/b19-10-,20-18+. The van der Waals surface area contributed by atoms with E-state index in [9.17, 15) is 4.79 Å². The number of hydrogen-bond donors (Lipinski definition) is 2. The van der Waals surface area contributed by atoms with Crippen LogP contribution in [-0.4, -0.2) is 21.9 Å². The Kier molecular flexibility index (Phi) is 4.57. The molecule has 1 heterocycles. The summed E-state index contributed by atoms with van der Waals surface area (Å²) >= 11 is 1.48. The van der Waals surface area contributed by atoms with E-state index in [1.54, 1.807) is 25.1 Å². The monoisotopic (exact) mass is 339 g/mol. The van der Waals surface area contributed by atoms with Crippen molar-refractivity contribution >= 4 is 44.2 Å². The topological polar surface area (TPSA) is 99.3 Å². The Labute approximate surface area is 141 Å². The van der Waals surface area contributed by atoms with Crippen LogP contribution in [0.1, 0.15) is 17.3 Å². The van der Waals surface area contributed by atoms with Crippen molar-refractivity contribution in [3.63, 3.8) is 0 Å². The Bertz CT molecular complexity index is 915. The number of para-hydroxylation sites is 1. The van der Waals surface area contributed by atoms with Crippen molar-refractivity contribution in [3.8, 4) is 0 Å². The fraction of sp³-hybridized carbons (Fsp3) is 0.0625. The molecule has 0 aliphatic carbocycles. The van der Waals surface area contributed by atoms with Gasteiger partial charge in [-0.3, -0.25) is 5.43 Å². The maximum absolute atomic E-state index is 11.1. The third kappa shape index (κ3) is 3.61. The SMILES string of the molecule is CC(=N/Nc1nc2ccccc2s1)/N=N/c1ccccc1C(=O)O. The van der Waals surface area contributed by atoms with E-state index < -0.39 is 5.97 Å². The van der Waals surface area contributed by atoms with Crippen LogP contribution < -0.4 is 5.43 Å². The number of carboxylic acids is 1. The van der Waals surface area contributed by atoms with Crippen molar-refractivity contribution in [2.75, 3.05) is 5.43 Å². The molecule has 3 rings (SSSR count). The number of hydrogen-bond acceptors (Lipinski definition) is 6. The van der Waals surface area contributed by atoms with Crippen LogP contribution in [0.3, 0.4) is 0 Å². The molecule has 0 radical (unpaired) electrons. The lowest BCUT2D eigenvalue weighted by Crippen LogP contribution is -1.96. The van der Waals surface area contributed by atoms with Crippen molar-refractivity contribution in [2.45, 2.75) is 6.92 Å². The highest BCUT2D eigenvalue weighted by molar-refractivity contribution is 7.22. The lowest BCUT2D eigenvalue weighted by Gasteiger charge is -1.98. The first-order valence-corrected chi connectivity index (χ1v) is 7.85. The van der Waals surface area contributed by atoms with Crippen molar-refractivity contribution in [2.24, 2.45) is 15.3 Å². The Morgan fingerprint density at radius 1 is 1.17 bits per heavy atom. The summed E-state index contributed by atoms with van der Waals surface area (Å²) in [5.74, 6) is -0.693.